The minimum Gasteiger partial charge on any atom is -0.549 e. The first kappa shape index (κ1) is 15.9. The predicted octanol–water partition coefficient (Wildman–Crippen LogP) is -1.78. The summed E-state index contributed by atoms with van der Waals surface area (Å²) < 4.78 is 1.65. The van der Waals surface area contributed by atoms with Crippen LogP contribution in [-0.2, 0) is 11.3 Å². The lowest BCUT2D eigenvalue weighted by Crippen LogP contribution is -3.18. The molecular formula is C11H21N5O2S. The number of quaternary nitrogens is 1. The summed E-state index contributed by atoms with van der Waals surface area (Å²) in [6.07, 6.45) is 0. The average Bonchev–Trinajstić information content (AvgIpc) is 2.73. The second-order valence-electron chi connectivity index (χ2n) is 4.98. The summed E-state index contributed by atoms with van der Waals surface area (Å²) in [5.74, 6) is -1.25. The molecule has 108 valence electrons. The quantitative estimate of drug-likeness (QED) is 0.569. The zero-order valence-electron chi connectivity index (χ0n) is 11.8. The molecule has 0 aromatic carbocycles. The van der Waals surface area contributed by atoms with Crippen molar-refractivity contribution in [3.05, 3.63) is 0 Å². The number of carboxylic acids is 1. The fraction of sp³-hybridized carbons (Fsp3) is 0.818. The van der Waals surface area contributed by atoms with Gasteiger partial charge in [0.15, 0.2) is 0 Å². The molecule has 0 amide bonds. The topological polar surface area (TPSA) is 88.2 Å². The Balaban J connectivity index is 2.57. The van der Waals surface area contributed by atoms with Crippen LogP contribution in [0.25, 0.3) is 0 Å². The summed E-state index contributed by atoms with van der Waals surface area (Å²) in [5.41, 5.74) is 0. The largest absolute Gasteiger partial charge is 0.549 e. The van der Waals surface area contributed by atoms with Crippen LogP contribution in [0.1, 0.15) is 27.7 Å². The summed E-state index contributed by atoms with van der Waals surface area (Å²) in [7, 11) is 0. The molecule has 0 saturated carbocycles. The molecule has 0 aliphatic heterocycles. The highest BCUT2D eigenvalue weighted by molar-refractivity contribution is 7.99. The van der Waals surface area contributed by atoms with Crippen molar-refractivity contribution >= 4 is 17.7 Å². The van der Waals surface area contributed by atoms with Crippen molar-refractivity contribution in [3.8, 4) is 0 Å². The molecule has 0 saturated heterocycles. The van der Waals surface area contributed by atoms with Gasteiger partial charge >= 0.3 is 0 Å². The number of carboxylic acid groups (broad SMARTS) is 1. The number of carbonyl (C=O) groups is 1. The number of carbonyl (C=O) groups excluding carboxylic acids is 1. The van der Waals surface area contributed by atoms with Crippen molar-refractivity contribution in [2.45, 2.75) is 51.5 Å². The van der Waals surface area contributed by atoms with Crippen molar-refractivity contribution in [3.63, 3.8) is 0 Å². The van der Waals surface area contributed by atoms with E-state index in [-0.39, 0.29) is 5.75 Å². The summed E-state index contributed by atoms with van der Waals surface area (Å²) in [4.78, 5) is 11.9. The van der Waals surface area contributed by atoms with Gasteiger partial charge in [0.2, 0.25) is 5.16 Å². The molecule has 0 fully saturated rings. The standard InChI is InChI=1S/C11H21N5O2S/c1-8(2)15(9(3)4)5-6-16-11(12-13-14-16)19-7-10(17)18/h8-9H,5-7H2,1-4H3,(H,17,18). The number of hydrogen-bond acceptors (Lipinski definition) is 6. The lowest BCUT2D eigenvalue weighted by Gasteiger charge is -2.27. The zero-order valence-corrected chi connectivity index (χ0v) is 12.6. The maximum atomic E-state index is 10.4. The number of rotatable bonds is 8. The van der Waals surface area contributed by atoms with Crippen molar-refractivity contribution in [1.82, 2.24) is 20.2 Å². The molecule has 1 aromatic rings. The molecule has 0 spiro atoms. The molecule has 0 aliphatic carbocycles. The van der Waals surface area contributed by atoms with Gasteiger partial charge in [0, 0.05) is 5.75 Å². The van der Waals surface area contributed by atoms with Gasteiger partial charge in [-0.25, -0.2) is 4.68 Å². The first-order valence-corrected chi connectivity index (χ1v) is 7.34. The highest BCUT2D eigenvalue weighted by Crippen LogP contribution is 2.11. The fourth-order valence-electron chi connectivity index (χ4n) is 2.04. The van der Waals surface area contributed by atoms with Gasteiger partial charge in [-0.2, -0.15) is 0 Å². The monoisotopic (exact) mass is 287 g/mol. The first-order chi connectivity index (χ1) is 8.91. The van der Waals surface area contributed by atoms with E-state index in [1.807, 2.05) is 0 Å². The van der Waals surface area contributed by atoms with Crippen LogP contribution in [0.15, 0.2) is 5.16 Å². The van der Waals surface area contributed by atoms with Gasteiger partial charge in [-0.3, -0.25) is 0 Å². The van der Waals surface area contributed by atoms with Crippen LogP contribution in [0.2, 0.25) is 0 Å². The Bertz CT molecular complexity index is 400. The van der Waals surface area contributed by atoms with E-state index in [2.05, 4.69) is 43.2 Å². The van der Waals surface area contributed by atoms with Gasteiger partial charge in [0.25, 0.3) is 0 Å². The highest BCUT2D eigenvalue weighted by Gasteiger charge is 2.18. The zero-order chi connectivity index (χ0) is 14.4. The van der Waals surface area contributed by atoms with E-state index in [1.54, 1.807) is 4.68 Å². The summed E-state index contributed by atoms with van der Waals surface area (Å²) in [6, 6.07) is 1.05. The van der Waals surface area contributed by atoms with Gasteiger partial charge in [0.1, 0.15) is 0 Å². The molecule has 0 unspecified atom stereocenters. The molecule has 0 aliphatic rings. The number of nitrogens with zero attached hydrogens (tertiary/aromatic N) is 4. The molecule has 0 atom stereocenters. The molecule has 1 aromatic heterocycles. The van der Waals surface area contributed by atoms with E-state index in [0.29, 0.717) is 23.8 Å². The third-order valence-electron chi connectivity index (χ3n) is 2.91. The van der Waals surface area contributed by atoms with Crippen LogP contribution in [0.4, 0.5) is 0 Å². The number of nitrogens with one attached hydrogen (secondary N) is 1. The summed E-state index contributed by atoms with van der Waals surface area (Å²) >= 11 is 1.09. The lowest BCUT2D eigenvalue weighted by atomic mass is 10.2. The molecule has 8 heteroatoms. The Morgan fingerprint density at radius 3 is 2.53 bits per heavy atom. The molecular weight excluding hydrogens is 266 g/mol. The number of thioether (sulfide) groups is 1. The predicted molar refractivity (Wildman–Crippen MR) is 69.6 cm³/mol. The van der Waals surface area contributed by atoms with Gasteiger partial charge in [0.05, 0.1) is 31.1 Å². The van der Waals surface area contributed by atoms with Gasteiger partial charge < -0.3 is 14.8 Å². The van der Waals surface area contributed by atoms with Crippen LogP contribution in [0.5, 0.6) is 0 Å². The molecule has 7 nitrogen and oxygen atoms in total. The minimum atomic E-state index is -1.11. The van der Waals surface area contributed by atoms with Crippen LogP contribution < -0.4 is 10.0 Å². The fourth-order valence-corrected chi connectivity index (χ4v) is 2.66. The molecule has 19 heavy (non-hydrogen) atoms. The third kappa shape index (κ3) is 5.15. The number of aromatic nitrogens is 4. The van der Waals surface area contributed by atoms with Crippen molar-refractivity contribution < 1.29 is 14.8 Å². The van der Waals surface area contributed by atoms with E-state index in [1.165, 1.54) is 4.90 Å². The molecule has 0 radical (unpaired) electrons. The SMILES string of the molecule is CC(C)[NH+](CCn1nnnc1SCC(=O)[O-])C(C)C. The molecule has 1 N–H and O–H groups in total. The van der Waals surface area contributed by atoms with Crippen LogP contribution in [-0.4, -0.2) is 50.6 Å². The van der Waals surface area contributed by atoms with E-state index < -0.39 is 5.97 Å². The number of tetrazole rings is 1. The summed E-state index contributed by atoms with van der Waals surface area (Å²) in [6.45, 7) is 10.3. The number of hydrogen-bond donors (Lipinski definition) is 1. The van der Waals surface area contributed by atoms with E-state index in [4.69, 9.17) is 0 Å². The Kier molecular flexibility index (Phi) is 6.23. The van der Waals surface area contributed by atoms with Crippen LogP contribution in [0.3, 0.4) is 0 Å². The average molecular weight is 287 g/mol. The van der Waals surface area contributed by atoms with Crippen molar-refractivity contribution in [2.75, 3.05) is 12.3 Å². The molecule has 0 bridgehead atoms. The van der Waals surface area contributed by atoms with Crippen LogP contribution in [0, 0.1) is 0 Å². The Labute approximate surface area is 117 Å². The first-order valence-electron chi connectivity index (χ1n) is 6.36. The highest BCUT2D eigenvalue weighted by atomic mass is 32.2. The van der Waals surface area contributed by atoms with Gasteiger partial charge in [-0.15, -0.1) is 5.10 Å². The van der Waals surface area contributed by atoms with Gasteiger partial charge in [-0.05, 0) is 38.1 Å². The van der Waals surface area contributed by atoms with E-state index in [9.17, 15) is 9.90 Å². The summed E-state index contributed by atoms with van der Waals surface area (Å²) in [5, 5.41) is 22.3. The van der Waals surface area contributed by atoms with E-state index >= 15 is 0 Å². The number of aliphatic carboxylic acids is 1. The molecule has 1 rings (SSSR count). The minimum absolute atomic E-state index is 0.134. The second kappa shape index (κ2) is 7.44. The van der Waals surface area contributed by atoms with Crippen molar-refractivity contribution in [1.29, 1.82) is 0 Å². The smallest absolute Gasteiger partial charge is 0.209 e. The molecule has 1 heterocycles. The normalized spacial score (nSPS) is 11.7. The third-order valence-corrected chi connectivity index (χ3v) is 3.84. The van der Waals surface area contributed by atoms with Crippen molar-refractivity contribution in [2.24, 2.45) is 0 Å². The second-order valence-corrected chi connectivity index (χ2v) is 5.92. The Morgan fingerprint density at radius 2 is 2.00 bits per heavy atom. The lowest BCUT2D eigenvalue weighted by molar-refractivity contribution is -0.942. The maximum Gasteiger partial charge on any atom is 0.209 e. The Morgan fingerprint density at radius 1 is 1.37 bits per heavy atom. The van der Waals surface area contributed by atoms with Crippen LogP contribution >= 0.6 is 11.8 Å². The Hall–Kier alpha value is -1.15. The maximum absolute atomic E-state index is 10.4. The van der Waals surface area contributed by atoms with Gasteiger partial charge in [-0.1, -0.05) is 11.8 Å². The van der Waals surface area contributed by atoms with E-state index in [0.717, 1.165) is 18.3 Å².